The molecule has 0 saturated carbocycles. The van der Waals surface area contributed by atoms with Crippen molar-refractivity contribution in [2.24, 2.45) is 0 Å². The Kier molecular flexibility index (Phi) is 22.0. The van der Waals surface area contributed by atoms with Crippen molar-refractivity contribution >= 4 is 126 Å². The molecule has 0 spiro atoms. The number of pyridine rings is 6. The van der Waals surface area contributed by atoms with Gasteiger partial charge in [0.2, 0.25) is 0 Å². The van der Waals surface area contributed by atoms with Gasteiger partial charge in [0.05, 0.1) is 29.4 Å². The number of nitrogens with zero attached hydrogens (tertiary/aromatic N) is 6. The summed E-state index contributed by atoms with van der Waals surface area (Å²) >= 11 is 0. The maximum atomic E-state index is 10.9. The molecule has 468 valence electrons. The second-order valence-corrected chi connectivity index (χ2v) is 25.7. The number of hydrogen-bond acceptors (Lipinski definition) is 30. The van der Waals surface area contributed by atoms with Crippen LogP contribution in [0.2, 0.25) is 0 Å². The summed E-state index contributed by atoms with van der Waals surface area (Å²) in [6.45, 7) is 0. The second-order valence-electron chi connectivity index (χ2n) is 17.6. The fourth-order valence-corrected chi connectivity index (χ4v) is 12.1. The number of phenolic OH excluding ortho intramolecular Hbond substituents is 6. The number of hydrogen-bond donors (Lipinski definition) is 6. The summed E-state index contributed by atoms with van der Waals surface area (Å²) < 4.78 is 196. The van der Waals surface area contributed by atoms with Crippen LogP contribution in [0, 0.1) is 0 Å². The Bertz CT molecular complexity index is 4610. The Morgan fingerprint density at radius 2 is 0.341 bits per heavy atom. The van der Waals surface area contributed by atoms with Crippen LogP contribution in [-0.2, 0) is 81.8 Å². The monoisotopic (exact) mass is 1440 g/mol. The largest absolute Gasteiger partial charge is 6.00 e. The molecule has 12 rings (SSSR count). The van der Waals surface area contributed by atoms with E-state index in [1.807, 2.05) is 0 Å². The van der Waals surface area contributed by atoms with Crippen molar-refractivity contribution in [2.75, 3.05) is 0 Å². The predicted molar refractivity (Wildman–Crippen MR) is 308 cm³/mol. The van der Waals surface area contributed by atoms with Crippen LogP contribution in [0.25, 0.3) is 65.4 Å². The van der Waals surface area contributed by atoms with E-state index in [0.717, 1.165) is 72.8 Å². The van der Waals surface area contributed by atoms with Gasteiger partial charge in [-0.25, -0.2) is 50.5 Å². The van der Waals surface area contributed by atoms with Gasteiger partial charge in [0.1, 0.15) is 128 Å². The minimum Gasteiger partial charge on any atom is -0.744 e. The predicted octanol–water partition coefficient (Wildman–Crippen LogP) is 5.06. The molecule has 37 heteroatoms. The van der Waals surface area contributed by atoms with E-state index in [4.69, 9.17) is 0 Å². The molecular weight excluding hydrogens is 1400 g/mol. The molecule has 0 amide bonds. The van der Waals surface area contributed by atoms with Gasteiger partial charge >= 0.3 is 21.1 Å². The zero-order valence-corrected chi connectivity index (χ0v) is 51.8. The molecule has 6 aromatic heterocycles. The normalized spacial score (nSPS) is 11.7. The average molecular weight is 1440 g/mol. The zero-order valence-electron chi connectivity index (χ0n) is 44.9. The minimum absolute atomic E-state index is 0. The van der Waals surface area contributed by atoms with Crippen LogP contribution >= 0.6 is 0 Å². The van der Waals surface area contributed by atoms with Crippen LogP contribution in [-0.4, -0.2) is 138 Å². The number of fused-ring (bicyclic) bond motifs is 6. The van der Waals surface area contributed by atoms with Crippen LogP contribution in [0.3, 0.4) is 0 Å². The summed E-state index contributed by atoms with van der Waals surface area (Å²) in [6, 6.07) is 30.8. The molecule has 12 aromatic rings. The fourth-order valence-electron chi connectivity index (χ4n) is 8.10. The van der Waals surface area contributed by atoms with Crippen LogP contribution < -0.4 is 0 Å². The van der Waals surface area contributed by atoms with Gasteiger partial charge in [-0.05, 0) is 146 Å². The van der Waals surface area contributed by atoms with Gasteiger partial charge in [0.25, 0.3) is 0 Å². The summed E-state index contributed by atoms with van der Waals surface area (Å²) in [7, 11) is -27.3. The third-order valence-electron chi connectivity index (χ3n) is 11.9. The number of rotatable bonds is 6. The maximum Gasteiger partial charge on any atom is 6.00 e. The molecule has 91 heavy (non-hydrogen) atoms. The molecule has 0 radical (unpaired) electrons. The van der Waals surface area contributed by atoms with Crippen molar-refractivity contribution in [1.29, 1.82) is 0 Å². The Morgan fingerprint density at radius 1 is 0.220 bits per heavy atom. The van der Waals surface area contributed by atoms with Gasteiger partial charge < -0.3 is 58.0 Å². The molecule has 0 atom stereocenters. The van der Waals surface area contributed by atoms with Gasteiger partial charge in [0.15, 0.2) is 0 Å². The molecule has 0 saturated heterocycles. The topological polar surface area (TPSA) is 542 Å². The molecule has 0 aliphatic heterocycles. The molecule has 6 N–H and O–H groups in total. The number of benzene rings is 6. The first-order chi connectivity index (χ1) is 42.0. The molecule has 0 bridgehead atoms. The summed E-state index contributed by atoms with van der Waals surface area (Å²) in [6.07, 6.45) is 8.44. The number of aromatic hydroxyl groups is 6. The van der Waals surface area contributed by atoms with Crippen LogP contribution in [0.5, 0.6) is 34.5 Å². The molecule has 0 aliphatic rings. The summed E-state index contributed by atoms with van der Waals surface area (Å²) in [5.41, 5.74) is 0.636. The van der Waals surface area contributed by atoms with Gasteiger partial charge in [0, 0.05) is 69.5 Å². The Balaban J connectivity index is 0.000000173. The first-order valence-corrected chi connectivity index (χ1v) is 32.6. The minimum atomic E-state index is -4.55. The molecule has 0 unspecified atom stereocenters. The first kappa shape index (κ1) is 70.8. The maximum absolute atomic E-state index is 10.9. The van der Waals surface area contributed by atoms with E-state index >= 15 is 0 Å². The standard InChI is InChI=1S/6C9H7NO4S.Mo/c6*11-7-3-4-8(15(12,13)14)6-2-1-5-10-9(6)7;/h6*1-5,11H,(H,12,13,14);/q;;;;;;+6/p-6. The zero-order chi connectivity index (χ0) is 66.3. The molecular formula is C54H36MoN6O24S6. The Hall–Kier alpha value is -9.27. The SMILES string of the molecule is O=S(=O)([O-])c1ccc(O)c2ncccc12.O=S(=O)([O-])c1ccc(O)c2ncccc12.O=S(=O)([O-])c1ccc(O)c2ncccc12.O=S(=O)([O-])c1ccc(O)c2ncccc12.O=S(=O)([O-])c1ccc(O)c2ncccc12.O=S(=O)([O-])c1ccc(O)c2ncccc12.[Mo+6]. The molecule has 0 fully saturated rings. The van der Waals surface area contributed by atoms with Crippen molar-refractivity contribution in [3.63, 3.8) is 0 Å². The summed E-state index contributed by atoms with van der Waals surface area (Å²) in [4.78, 5) is 20.6. The molecule has 0 aliphatic carbocycles. The van der Waals surface area contributed by atoms with Crippen molar-refractivity contribution in [1.82, 2.24) is 29.9 Å². The van der Waals surface area contributed by atoms with E-state index in [-0.39, 0.29) is 150 Å². The van der Waals surface area contributed by atoms with Gasteiger partial charge in [-0.2, -0.15) is 0 Å². The van der Waals surface area contributed by atoms with E-state index in [9.17, 15) is 108 Å². The van der Waals surface area contributed by atoms with Gasteiger partial charge in [-0.15, -0.1) is 0 Å². The van der Waals surface area contributed by atoms with Crippen molar-refractivity contribution in [2.45, 2.75) is 29.4 Å². The van der Waals surface area contributed by atoms with E-state index in [1.165, 1.54) is 110 Å². The van der Waals surface area contributed by atoms with Crippen LogP contribution in [0.1, 0.15) is 0 Å². The van der Waals surface area contributed by atoms with Crippen LogP contribution in [0.15, 0.2) is 212 Å². The van der Waals surface area contributed by atoms with Gasteiger partial charge in [-0.1, -0.05) is 0 Å². The van der Waals surface area contributed by atoms with E-state index in [2.05, 4.69) is 29.9 Å². The molecule has 6 heterocycles. The van der Waals surface area contributed by atoms with E-state index in [1.54, 1.807) is 0 Å². The Labute approximate surface area is 528 Å². The fraction of sp³-hybridized carbons (Fsp3) is 0. The second kappa shape index (κ2) is 28.3. The first-order valence-electron chi connectivity index (χ1n) is 24.2. The molecule has 6 aromatic carbocycles. The average Bonchev–Trinajstić information content (AvgIpc) is 0.937. The summed E-state index contributed by atoms with van der Waals surface area (Å²) in [5, 5.41) is 57.2. The number of aromatic nitrogens is 6. The molecule has 30 nitrogen and oxygen atoms in total. The van der Waals surface area contributed by atoms with E-state index < -0.39 is 60.7 Å². The summed E-state index contributed by atoms with van der Waals surface area (Å²) in [5.74, 6) is -0.928. The Morgan fingerprint density at radius 3 is 0.451 bits per heavy atom. The van der Waals surface area contributed by atoms with Crippen molar-refractivity contribution < 1.29 is 130 Å². The quantitative estimate of drug-likeness (QED) is 0.0935. The van der Waals surface area contributed by atoms with Gasteiger partial charge in [-0.3, -0.25) is 29.9 Å². The van der Waals surface area contributed by atoms with Crippen molar-refractivity contribution in [3.8, 4) is 34.5 Å². The van der Waals surface area contributed by atoms with Crippen molar-refractivity contribution in [3.05, 3.63) is 183 Å². The van der Waals surface area contributed by atoms with Crippen LogP contribution in [0.4, 0.5) is 0 Å². The smallest absolute Gasteiger partial charge is 0.744 e. The number of phenols is 6. The third kappa shape index (κ3) is 17.2. The van der Waals surface area contributed by atoms with E-state index in [0.29, 0.717) is 0 Å². The third-order valence-corrected chi connectivity index (χ3v) is 17.2.